The summed E-state index contributed by atoms with van der Waals surface area (Å²) in [7, 11) is 0. The highest BCUT2D eigenvalue weighted by molar-refractivity contribution is 7.09. The van der Waals surface area contributed by atoms with Crippen LogP contribution in [0.25, 0.3) is 0 Å². The number of carbonyl (C=O) groups excluding carboxylic acids is 1. The first-order valence-corrected chi connectivity index (χ1v) is 9.11. The van der Waals surface area contributed by atoms with Crippen molar-refractivity contribution >= 4 is 17.2 Å². The first-order chi connectivity index (χ1) is 10.7. The molecule has 6 heteroatoms. The van der Waals surface area contributed by atoms with Crippen molar-refractivity contribution in [2.45, 2.75) is 44.8 Å². The molecule has 3 aliphatic rings. The molecule has 0 unspecified atom stereocenters. The van der Waals surface area contributed by atoms with E-state index < -0.39 is 0 Å². The van der Waals surface area contributed by atoms with Crippen LogP contribution >= 0.6 is 11.3 Å². The van der Waals surface area contributed by atoms with E-state index in [9.17, 15) is 4.79 Å². The zero-order chi connectivity index (χ0) is 15.1. The van der Waals surface area contributed by atoms with Gasteiger partial charge in [-0.25, -0.2) is 4.98 Å². The Balaban J connectivity index is 1.42. The molecule has 4 heterocycles. The molecule has 3 fully saturated rings. The minimum Gasteiger partial charge on any atom is -0.381 e. The van der Waals surface area contributed by atoms with Crippen molar-refractivity contribution in [3.63, 3.8) is 0 Å². The van der Waals surface area contributed by atoms with E-state index in [0.717, 1.165) is 43.4 Å². The maximum atomic E-state index is 12.4. The van der Waals surface area contributed by atoms with E-state index in [2.05, 4.69) is 20.2 Å². The third-order valence-corrected chi connectivity index (χ3v) is 6.07. The van der Waals surface area contributed by atoms with Crippen molar-refractivity contribution in [2.75, 3.05) is 26.3 Å². The smallest absolute Gasteiger partial charge is 0.224 e. The minimum atomic E-state index is 0.299. The summed E-state index contributed by atoms with van der Waals surface area (Å²) in [4.78, 5) is 21.6. The quantitative estimate of drug-likeness (QED) is 0.846. The van der Waals surface area contributed by atoms with Crippen LogP contribution in [0.4, 0.5) is 0 Å². The van der Waals surface area contributed by atoms with E-state index in [-0.39, 0.29) is 0 Å². The average Bonchev–Trinajstić information content (AvgIpc) is 3.23. The van der Waals surface area contributed by atoms with Gasteiger partial charge in [0.25, 0.3) is 0 Å². The summed E-state index contributed by atoms with van der Waals surface area (Å²) in [6.45, 7) is 6.71. The molecule has 0 bridgehead atoms. The van der Waals surface area contributed by atoms with Crippen molar-refractivity contribution in [3.05, 3.63) is 16.1 Å². The third-order valence-electron chi connectivity index (χ3n) is 5.25. The lowest BCUT2D eigenvalue weighted by Crippen LogP contribution is -2.38. The standard InChI is InChI=1S/C16H23N3O2S/c1-11-17-13(10-22-11)8-19-14-2-4-18(15(14)6-16(19)20)7-12-3-5-21-9-12/h10,12,14-15H,2-9H2,1H3/t12-,14+,15-/m0/s1. The maximum Gasteiger partial charge on any atom is 0.224 e. The predicted molar refractivity (Wildman–Crippen MR) is 84.7 cm³/mol. The van der Waals surface area contributed by atoms with Gasteiger partial charge in [0.15, 0.2) is 0 Å². The summed E-state index contributed by atoms with van der Waals surface area (Å²) in [5, 5.41) is 3.16. The van der Waals surface area contributed by atoms with Gasteiger partial charge in [-0.3, -0.25) is 9.69 Å². The number of aryl methyl sites for hydroxylation is 1. The van der Waals surface area contributed by atoms with E-state index in [4.69, 9.17) is 4.74 Å². The molecule has 0 N–H and O–H groups in total. The van der Waals surface area contributed by atoms with E-state index >= 15 is 0 Å². The molecular formula is C16H23N3O2S. The molecule has 120 valence electrons. The van der Waals surface area contributed by atoms with Gasteiger partial charge in [-0.15, -0.1) is 11.3 Å². The number of amides is 1. The highest BCUT2D eigenvalue weighted by Crippen LogP contribution is 2.34. The van der Waals surface area contributed by atoms with Gasteiger partial charge >= 0.3 is 0 Å². The highest BCUT2D eigenvalue weighted by atomic mass is 32.1. The van der Waals surface area contributed by atoms with Crippen LogP contribution in [0.5, 0.6) is 0 Å². The number of fused-ring (bicyclic) bond motifs is 1. The molecule has 5 nitrogen and oxygen atoms in total. The molecule has 3 aliphatic heterocycles. The Morgan fingerprint density at radius 3 is 3.05 bits per heavy atom. The topological polar surface area (TPSA) is 45.7 Å². The molecule has 0 aromatic carbocycles. The van der Waals surface area contributed by atoms with E-state index in [1.54, 1.807) is 11.3 Å². The molecule has 0 aliphatic carbocycles. The SMILES string of the molecule is Cc1nc(CN2C(=O)C[C@H]3[C@H]2CCN3C[C@@H]2CCOC2)cs1. The third kappa shape index (κ3) is 2.68. The van der Waals surface area contributed by atoms with Crippen LogP contribution < -0.4 is 0 Å². The fourth-order valence-corrected chi connectivity index (χ4v) is 4.76. The maximum absolute atomic E-state index is 12.4. The summed E-state index contributed by atoms with van der Waals surface area (Å²) in [6.07, 6.45) is 2.96. The Labute approximate surface area is 135 Å². The number of carbonyl (C=O) groups is 1. The van der Waals surface area contributed by atoms with Crippen molar-refractivity contribution in [3.8, 4) is 0 Å². The number of ether oxygens (including phenoxy) is 1. The normalized spacial score (nSPS) is 32.1. The van der Waals surface area contributed by atoms with Gasteiger partial charge in [0.2, 0.25) is 5.91 Å². The lowest BCUT2D eigenvalue weighted by Gasteiger charge is -2.26. The highest BCUT2D eigenvalue weighted by Gasteiger charge is 2.47. The van der Waals surface area contributed by atoms with Gasteiger partial charge in [-0.05, 0) is 25.7 Å². The summed E-state index contributed by atoms with van der Waals surface area (Å²) in [5.41, 5.74) is 1.04. The Bertz CT molecular complexity index is 555. The summed E-state index contributed by atoms with van der Waals surface area (Å²) in [5.74, 6) is 0.956. The molecule has 0 radical (unpaired) electrons. The van der Waals surface area contributed by atoms with E-state index in [0.29, 0.717) is 36.9 Å². The van der Waals surface area contributed by atoms with Gasteiger partial charge < -0.3 is 9.64 Å². The number of rotatable bonds is 4. The molecule has 1 aromatic heterocycles. The Kier molecular flexibility index (Phi) is 3.92. The molecule has 3 atom stereocenters. The van der Waals surface area contributed by atoms with Crippen molar-refractivity contribution < 1.29 is 9.53 Å². The number of hydrogen-bond acceptors (Lipinski definition) is 5. The molecule has 0 saturated carbocycles. The largest absolute Gasteiger partial charge is 0.381 e. The second-order valence-electron chi connectivity index (χ2n) is 6.73. The minimum absolute atomic E-state index is 0.299. The van der Waals surface area contributed by atoms with Gasteiger partial charge in [-0.1, -0.05) is 0 Å². The van der Waals surface area contributed by atoms with Gasteiger partial charge in [0, 0.05) is 43.6 Å². The molecule has 3 saturated heterocycles. The number of aromatic nitrogens is 1. The van der Waals surface area contributed by atoms with Gasteiger partial charge in [-0.2, -0.15) is 0 Å². The van der Waals surface area contributed by atoms with Gasteiger partial charge in [0.1, 0.15) is 0 Å². The first-order valence-electron chi connectivity index (χ1n) is 8.23. The molecule has 1 aromatic rings. The van der Waals surface area contributed by atoms with Crippen LogP contribution in [-0.4, -0.2) is 59.1 Å². The fraction of sp³-hybridized carbons (Fsp3) is 0.750. The average molecular weight is 321 g/mol. The number of nitrogens with zero attached hydrogens (tertiary/aromatic N) is 3. The molecule has 22 heavy (non-hydrogen) atoms. The van der Waals surface area contributed by atoms with Crippen molar-refractivity contribution in [2.24, 2.45) is 5.92 Å². The number of hydrogen-bond donors (Lipinski definition) is 0. The molecule has 0 spiro atoms. The molecule has 1 amide bonds. The van der Waals surface area contributed by atoms with Crippen LogP contribution in [-0.2, 0) is 16.1 Å². The second-order valence-corrected chi connectivity index (χ2v) is 7.79. The Morgan fingerprint density at radius 1 is 1.41 bits per heavy atom. The van der Waals surface area contributed by atoms with Crippen molar-refractivity contribution in [1.82, 2.24) is 14.8 Å². The van der Waals surface area contributed by atoms with Crippen LogP contribution in [0, 0.1) is 12.8 Å². The second kappa shape index (κ2) is 5.91. The lowest BCUT2D eigenvalue weighted by atomic mass is 10.1. The first kappa shape index (κ1) is 14.6. The summed E-state index contributed by atoms with van der Waals surface area (Å²) >= 11 is 1.66. The number of likely N-dealkylation sites (tertiary alicyclic amines) is 2. The summed E-state index contributed by atoms with van der Waals surface area (Å²) in [6, 6.07) is 0.796. The zero-order valence-corrected chi connectivity index (χ0v) is 13.8. The summed E-state index contributed by atoms with van der Waals surface area (Å²) < 4.78 is 5.49. The number of thiazole rings is 1. The molecule has 4 rings (SSSR count). The Morgan fingerprint density at radius 2 is 2.32 bits per heavy atom. The van der Waals surface area contributed by atoms with Crippen LogP contribution in [0.15, 0.2) is 5.38 Å². The van der Waals surface area contributed by atoms with Crippen LogP contribution in [0.1, 0.15) is 30.0 Å². The monoisotopic (exact) mass is 321 g/mol. The van der Waals surface area contributed by atoms with Crippen LogP contribution in [0.2, 0.25) is 0 Å². The van der Waals surface area contributed by atoms with Crippen LogP contribution in [0.3, 0.4) is 0 Å². The van der Waals surface area contributed by atoms with Gasteiger partial charge in [0.05, 0.1) is 23.9 Å². The lowest BCUT2D eigenvalue weighted by molar-refractivity contribution is -0.129. The Hall–Kier alpha value is -0.980. The van der Waals surface area contributed by atoms with E-state index in [1.165, 1.54) is 6.42 Å². The molecular weight excluding hydrogens is 298 g/mol. The van der Waals surface area contributed by atoms with Crippen molar-refractivity contribution in [1.29, 1.82) is 0 Å². The fourth-order valence-electron chi connectivity index (χ4n) is 4.16. The zero-order valence-electron chi connectivity index (χ0n) is 13.0. The predicted octanol–water partition coefficient (Wildman–Crippen LogP) is 1.66. The van der Waals surface area contributed by atoms with E-state index in [1.807, 2.05) is 6.92 Å².